The van der Waals surface area contributed by atoms with Crippen molar-refractivity contribution in [2.45, 2.75) is 17.4 Å². The summed E-state index contributed by atoms with van der Waals surface area (Å²) < 4.78 is 67.2. The normalized spacial score (nSPS) is 13.4. The lowest BCUT2D eigenvalue weighted by molar-refractivity contribution is -0.274. The molecule has 0 aromatic heterocycles. The van der Waals surface area contributed by atoms with Crippen LogP contribution in [0.3, 0.4) is 0 Å². The van der Waals surface area contributed by atoms with E-state index in [1.807, 2.05) is 30.3 Å². The molecule has 0 aliphatic rings. The molecule has 148 valence electrons. The monoisotopic (exact) mass is 411 g/mol. The molecule has 3 aromatic carbocycles. The largest absolute Gasteiger partial charge is 0.573 e. The number of nitrogens with one attached hydrogen (secondary N) is 1. The van der Waals surface area contributed by atoms with E-state index in [9.17, 15) is 26.7 Å². The van der Waals surface area contributed by atoms with Crippen LogP contribution >= 0.6 is 0 Å². The maximum atomic E-state index is 12.3. The first-order valence-electron chi connectivity index (χ1n) is 8.17. The predicted octanol–water partition coefficient (Wildman–Crippen LogP) is 3.75. The average molecular weight is 411 g/mol. The molecule has 1 atom stereocenters. The molecule has 3 rings (SSSR count). The van der Waals surface area contributed by atoms with Gasteiger partial charge < -0.3 is 9.84 Å². The Balaban J connectivity index is 1.72. The number of aliphatic hydroxyl groups is 1. The van der Waals surface area contributed by atoms with E-state index in [0.29, 0.717) is 5.56 Å². The van der Waals surface area contributed by atoms with Crippen LogP contribution in [-0.4, -0.2) is 26.4 Å². The lowest BCUT2D eigenvalue weighted by atomic mass is 10.0. The lowest BCUT2D eigenvalue weighted by Gasteiger charge is -2.15. The molecule has 3 aromatic rings. The van der Waals surface area contributed by atoms with E-state index in [1.54, 1.807) is 12.1 Å². The number of fused-ring (bicyclic) bond motifs is 1. The Morgan fingerprint density at radius 3 is 2.29 bits per heavy atom. The zero-order valence-corrected chi connectivity index (χ0v) is 15.2. The molecular weight excluding hydrogens is 395 g/mol. The molecule has 0 radical (unpaired) electrons. The molecular formula is C19H16F3NO4S. The van der Waals surface area contributed by atoms with Crippen molar-refractivity contribution in [3.8, 4) is 5.75 Å². The zero-order valence-electron chi connectivity index (χ0n) is 14.3. The van der Waals surface area contributed by atoms with Crippen molar-refractivity contribution in [1.29, 1.82) is 0 Å². The van der Waals surface area contributed by atoms with Gasteiger partial charge in [-0.25, -0.2) is 13.1 Å². The zero-order chi connectivity index (χ0) is 20.4. The summed E-state index contributed by atoms with van der Waals surface area (Å²) in [4.78, 5) is -0.243. The summed E-state index contributed by atoms with van der Waals surface area (Å²) in [5, 5.41) is 12.1. The fourth-order valence-corrected chi connectivity index (χ4v) is 3.78. The highest BCUT2D eigenvalue weighted by Crippen LogP contribution is 2.25. The van der Waals surface area contributed by atoms with Gasteiger partial charge in [0, 0.05) is 6.54 Å². The van der Waals surface area contributed by atoms with E-state index in [4.69, 9.17) is 0 Å². The van der Waals surface area contributed by atoms with Gasteiger partial charge in [0.2, 0.25) is 10.0 Å². The van der Waals surface area contributed by atoms with Crippen molar-refractivity contribution in [3.63, 3.8) is 0 Å². The second-order valence-corrected chi connectivity index (χ2v) is 7.72. The number of aliphatic hydroxyl groups excluding tert-OH is 1. The number of ether oxygens (including phenoxy) is 1. The van der Waals surface area contributed by atoms with Gasteiger partial charge in [-0.2, -0.15) is 0 Å². The Labute approximate surface area is 159 Å². The molecule has 0 amide bonds. The molecule has 0 aliphatic heterocycles. The molecule has 0 saturated carbocycles. The minimum absolute atomic E-state index is 0.243. The van der Waals surface area contributed by atoms with Crippen LogP contribution in [-0.2, 0) is 10.0 Å². The van der Waals surface area contributed by atoms with E-state index in [0.717, 1.165) is 35.0 Å². The van der Waals surface area contributed by atoms with Crippen molar-refractivity contribution >= 4 is 20.8 Å². The molecule has 0 heterocycles. The van der Waals surface area contributed by atoms with Crippen molar-refractivity contribution in [2.75, 3.05) is 6.54 Å². The molecule has 0 bridgehead atoms. The van der Waals surface area contributed by atoms with E-state index in [1.165, 1.54) is 0 Å². The van der Waals surface area contributed by atoms with Gasteiger partial charge in [-0.3, -0.25) is 0 Å². The van der Waals surface area contributed by atoms with Crippen LogP contribution < -0.4 is 9.46 Å². The first kappa shape index (κ1) is 20.1. The quantitative estimate of drug-likeness (QED) is 0.648. The number of halogens is 3. The molecule has 9 heteroatoms. The number of rotatable bonds is 6. The van der Waals surface area contributed by atoms with Crippen LogP contribution in [0.4, 0.5) is 13.2 Å². The van der Waals surface area contributed by atoms with Gasteiger partial charge in [0.25, 0.3) is 0 Å². The number of sulfonamides is 1. The van der Waals surface area contributed by atoms with Gasteiger partial charge in [-0.15, -0.1) is 13.2 Å². The summed E-state index contributed by atoms with van der Waals surface area (Å²) in [6.07, 6.45) is -5.96. The summed E-state index contributed by atoms with van der Waals surface area (Å²) >= 11 is 0. The van der Waals surface area contributed by atoms with Gasteiger partial charge in [0.05, 0.1) is 11.0 Å². The van der Waals surface area contributed by atoms with Crippen LogP contribution in [0, 0.1) is 0 Å². The second-order valence-electron chi connectivity index (χ2n) is 5.96. The Hall–Kier alpha value is -2.62. The molecule has 0 aliphatic carbocycles. The van der Waals surface area contributed by atoms with Crippen LogP contribution in [0.15, 0.2) is 71.6 Å². The fourth-order valence-electron chi connectivity index (χ4n) is 2.74. The molecule has 2 N–H and O–H groups in total. The van der Waals surface area contributed by atoms with Crippen molar-refractivity contribution in [1.82, 2.24) is 4.72 Å². The molecule has 0 spiro atoms. The van der Waals surface area contributed by atoms with Crippen molar-refractivity contribution in [2.24, 2.45) is 0 Å². The SMILES string of the molecule is O=S(=O)(NCC(O)c1cccc2ccccc12)c1ccc(OC(F)(F)F)cc1. The number of hydrogen-bond acceptors (Lipinski definition) is 4. The third-order valence-corrected chi connectivity index (χ3v) is 5.46. The highest BCUT2D eigenvalue weighted by Gasteiger charge is 2.31. The van der Waals surface area contributed by atoms with Crippen LogP contribution in [0.1, 0.15) is 11.7 Å². The Morgan fingerprint density at radius 2 is 1.61 bits per heavy atom. The molecule has 28 heavy (non-hydrogen) atoms. The van der Waals surface area contributed by atoms with E-state index in [-0.39, 0.29) is 11.4 Å². The molecule has 0 saturated heterocycles. The fraction of sp³-hybridized carbons (Fsp3) is 0.158. The standard InChI is InChI=1S/C19H16F3NO4S/c20-19(21,22)27-14-8-10-15(11-9-14)28(25,26)23-12-18(24)17-7-3-5-13-4-1-2-6-16(13)17/h1-11,18,23-24H,12H2. The average Bonchev–Trinajstić information content (AvgIpc) is 2.65. The smallest absolute Gasteiger partial charge is 0.406 e. The number of hydrogen-bond donors (Lipinski definition) is 2. The number of benzene rings is 3. The predicted molar refractivity (Wildman–Crippen MR) is 97.2 cm³/mol. The highest BCUT2D eigenvalue weighted by molar-refractivity contribution is 7.89. The first-order chi connectivity index (χ1) is 13.2. The first-order valence-corrected chi connectivity index (χ1v) is 9.65. The Kier molecular flexibility index (Phi) is 5.59. The summed E-state index contributed by atoms with van der Waals surface area (Å²) in [6.45, 7) is -0.295. The van der Waals surface area contributed by atoms with Gasteiger partial charge in [0.15, 0.2) is 0 Å². The van der Waals surface area contributed by atoms with Gasteiger partial charge in [-0.05, 0) is 40.6 Å². The van der Waals surface area contributed by atoms with Crippen LogP contribution in [0.5, 0.6) is 5.75 Å². The van der Waals surface area contributed by atoms with Gasteiger partial charge >= 0.3 is 6.36 Å². The van der Waals surface area contributed by atoms with Crippen LogP contribution in [0.25, 0.3) is 10.8 Å². The van der Waals surface area contributed by atoms with Crippen molar-refractivity contribution < 1.29 is 31.4 Å². The van der Waals surface area contributed by atoms with E-state index >= 15 is 0 Å². The summed E-state index contributed by atoms with van der Waals surface area (Å²) in [6, 6.07) is 16.5. The summed E-state index contributed by atoms with van der Waals surface area (Å²) in [7, 11) is -4.02. The van der Waals surface area contributed by atoms with E-state index in [2.05, 4.69) is 9.46 Å². The lowest BCUT2D eigenvalue weighted by Crippen LogP contribution is -2.28. The maximum Gasteiger partial charge on any atom is 0.573 e. The maximum absolute atomic E-state index is 12.3. The molecule has 5 nitrogen and oxygen atoms in total. The second kappa shape index (κ2) is 7.78. The Bertz CT molecular complexity index is 1060. The minimum atomic E-state index is -4.86. The van der Waals surface area contributed by atoms with Crippen LogP contribution in [0.2, 0.25) is 0 Å². The third kappa shape index (κ3) is 4.80. The Morgan fingerprint density at radius 1 is 0.964 bits per heavy atom. The van der Waals surface area contributed by atoms with Gasteiger partial charge in [0.1, 0.15) is 5.75 Å². The number of alkyl halides is 3. The molecule has 1 unspecified atom stereocenters. The van der Waals surface area contributed by atoms with Crippen molar-refractivity contribution in [3.05, 3.63) is 72.3 Å². The topological polar surface area (TPSA) is 75.6 Å². The summed E-state index contributed by atoms with van der Waals surface area (Å²) in [5.74, 6) is -0.526. The third-order valence-electron chi connectivity index (χ3n) is 4.02. The minimum Gasteiger partial charge on any atom is -0.406 e. The molecule has 0 fully saturated rings. The van der Waals surface area contributed by atoms with Gasteiger partial charge in [-0.1, -0.05) is 42.5 Å². The highest BCUT2D eigenvalue weighted by atomic mass is 32.2. The summed E-state index contributed by atoms with van der Waals surface area (Å²) in [5.41, 5.74) is 0.565. The van der Waals surface area contributed by atoms with E-state index < -0.39 is 28.2 Å².